The Morgan fingerprint density at radius 1 is 1.29 bits per heavy atom. The Morgan fingerprint density at radius 3 is 2.96 bits per heavy atom. The molecule has 142 valence electrons. The highest BCUT2D eigenvalue weighted by Gasteiger charge is 2.41. The van der Waals surface area contributed by atoms with Gasteiger partial charge in [-0.15, -0.1) is 0 Å². The first-order chi connectivity index (χ1) is 13.5. The summed E-state index contributed by atoms with van der Waals surface area (Å²) in [5.74, 6) is 1.25. The van der Waals surface area contributed by atoms with Gasteiger partial charge in [-0.3, -0.25) is 9.20 Å². The largest absolute Gasteiger partial charge is 0.351 e. The molecule has 1 fully saturated rings. The fourth-order valence-corrected chi connectivity index (χ4v) is 4.01. The number of nitrogens with one attached hydrogen (secondary N) is 3. The van der Waals surface area contributed by atoms with E-state index in [-0.39, 0.29) is 17.5 Å². The quantitative estimate of drug-likeness (QED) is 0.503. The standard InChI is InChI=1S/C19H20N8O/c1-11(28)26-19(2)5-13(6-19)24-17-22-9-15-14(8-21-16(15)25-17)12-7-23-18-20-3-4-27(18)10-12/h3-4,7-10,13H,5-6H2,1-2H3,(H,26,28)(H2,21,22,24,25)/t13-,19-. The van der Waals surface area contributed by atoms with Gasteiger partial charge in [-0.2, -0.15) is 4.98 Å². The van der Waals surface area contributed by atoms with E-state index in [9.17, 15) is 4.79 Å². The van der Waals surface area contributed by atoms with Crippen molar-refractivity contribution >= 4 is 28.7 Å². The maximum Gasteiger partial charge on any atom is 0.233 e. The first-order valence-corrected chi connectivity index (χ1v) is 9.18. The van der Waals surface area contributed by atoms with Gasteiger partial charge in [0.2, 0.25) is 17.6 Å². The lowest BCUT2D eigenvalue weighted by Crippen LogP contribution is -2.59. The lowest BCUT2D eigenvalue weighted by molar-refractivity contribution is -0.121. The van der Waals surface area contributed by atoms with Crippen LogP contribution in [0.4, 0.5) is 5.95 Å². The number of hydrogen-bond acceptors (Lipinski definition) is 6. The molecule has 0 aliphatic heterocycles. The molecule has 9 nitrogen and oxygen atoms in total. The minimum Gasteiger partial charge on any atom is -0.351 e. The smallest absolute Gasteiger partial charge is 0.233 e. The van der Waals surface area contributed by atoms with Crippen LogP contribution in [0.3, 0.4) is 0 Å². The summed E-state index contributed by atoms with van der Waals surface area (Å²) in [6, 6.07) is 0.247. The van der Waals surface area contributed by atoms with Crippen LogP contribution in [0.15, 0.2) is 37.2 Å². The van der Waals surface area contributed by atoms with Gasteiger partial charge in [0.15, 0.2) is 0 Å². The molecule has 0 unspecified atom stereocenters. The fourth-order valence-electron chi connectivity index (χ4n) is 4.01. The third-order valence-electron chi connectivity index (χ3n) is 5.19. The minimum atomic E-state index is -0.147. The summed E-state index contributed by atoms with van der Waals surface area (Å²) in [6.45, 7) is 3.60. The van der Waals surface area contributed by atoms with Gasteiger partial charge in [0.1, 0.15) is 5.65 Å². The topological polar surface area (TPSA) is 113 Å². The number of hydrogen-bond donors (Lipinski definition) is 3. The number of amides is 1. The summed E-state index contributed by atoms with van der Waals surface area (Å²) in [6.07, 6.45) is 12.8. The molecule has 4 heterocycles. The molecule has 3 N–H and O–H groups in total. The number of aromatic nitrogens is 6. The van der Waals surface area contributed by atoms with Crippen LogP contribution >= 0.6 is 0 Å². The van der Waals surface area contributed by atoms with E-state index in [0.717, 1.165) is 35.0 Å². The molecule has 1 aliphatic rings. The Hall–Kier alpha value is -3.49. The predicted molar refractivity (Wildman–Crippen MR) is 105 cm³/mol. The number of H-pyrrole nitrogens is 1. The SMILES string of the molecule is CC(=O)N[C@]1(C)C[C@@H](Nc2ncc3c(-c4cnc5nccn5c4)c[nH]c3n2)C1. The Balaban J connectivity index is 1.36. The maximum absolute atomic E-state index is 11.3. The fraction of sp³-hybridized carbons (Fsp3) is 0.316. The number of imidazole rings is 1. The summed E-state index contributed by atoms with van der Waals surface area (Å²) in [5, 5.41) is 7.28. The van der Waals surface area contributed by atoms with Gasteiger partial charge in [-0.1, -0.05) is 0 Å². The molecule has 9 heteroatoms. The lowest BCUT2D eigenvalue weighted by atomic mass is 9.74. The molecule has 4 aromatic heterocycles. The Kier molecular flexibility index (Phi) is 3.58. The Morgan fingerprint density at radius 2 is 2.14 bits per heavy atom. The van der Waals surface area contributed by atoms with Crippen LogP contribution in [0.5, 0.6) is 0 Å². The van der Waals surface area contributed by atoms with Crippen molar-refractivity contribution < 1.29 is 4.79 Å². The van der Waals surface area contributed by atoms with E-state index < -0.39 is 0 Å². The van der Waals surface area contributed by atoms with Crippen molar-refractivity contribution in [3.63, 3.8) is 0 Å². The summed E-state index contributed by atoms with van der Waals surface area (Å²) >= 11 is 0. The van der Waals surface area contributed by atoms with Crippen LogP contribution in [0, 0.1) is 0 Å². The molecule has 5 rings (SSSR count). The highest BCUT2D eigenvalue weighted by molar-refractivity contribution is 5.93. The molecule has 1 amide bonds. The van der Waals surface area contributed by atoms with Crippen molar-refractivity contribution in [2.45, 2.75) is 38.3 Å². The number of fused-ring (bicyclic) bond motifs is 2. The van der Waals surface area contributed by atoms with Gasteiger partial charge in [0, 0.05) is 72.2 Å². The van der Waals surface area contributed by atoms with E-state index >= 15 is 0 Å². The molecule has 4 aromatic rings. The monoisotopic (exact) mass is 376 g/mol. The van der Waals surface area contributed by atoms with Gasteiger partial charge < -0.3 is 15.6 Å². The Labute approximate surface area is 160 Å². The van der Waals surface area contributed by atoms with Gasteiger partial charge in [0.25, 0.3) is 0 Å². The number of nitrogens with zero attached hydrogens (tertiary/aromatic N) is 5. The van der Waals surface area contributed by atoms with E-state index in [4.69, 9.17) is 0 Å². The highest BCUT2D eigenvalue weighted by Crippen LogP contribution is 2.34. The molecular weight excluding hydrogens is 356 g/mol. The van der Waals surface area contributed by atoms with Crippen LogP contribution in [0.1, 0.15) is 26.7 Å². The number of aromatic amines is 1. The van der Waals surface area contributed by atoms with E-state index in [1.807, 2.05) is 29.2 Å². The maximum atomic E-state index is 11.3. The highest BCUT2D eigenvalue weighted by atomic mass is 16.1. The van der Waals surface area contributed by atoms with Crippen molar-refractivity contribution in [3.8, 4) is 11.1 Å². The lowest BCUT2D eigenvalue weighted by Gasteiger charge is -2.45. The van der Waals surface area contributed by atoms with Crippen molar-refractivity contribution in [1.82, 2.24) is 34.6 Å². The zero-order valence-electron chi connectivity index (χ0n) is 15.6. The zero-order valence-corrected chi connectivity index (χ0v) is 15.6. The number of carbonyl (C=O) groups is 1. The molecule has 1 aliphatic carbocycles. The predicted octanol–water partition coefficient (Wildman–Crippen LogP) is 2.14. The van der Waals surface area contributed by atoms with Crippen LogP contribution < -0.4 is 10.6 Å². The Bertz CT molecular complexity index is 1190. The third kappa shape index (κ3) is 2.84. The number of anilines is 1. The van der Waals surface area contributed by atoms with E-state index in [0.29, 0.717) is 11.7 Å². The van der Waals surface area contributed by atoms with E-state index in [2.05, 4.69) is 42.5 Å². The van der Waals surface area contributed by atoms with Gasteiger partial charge in [-0.05, 0) is 19.8 Å². The van der Waals surface area contributed by atoms with Crippen molar-refractivity contribution in [1.29, 1.82) is 0 Å². The van der Waals surface area contributed by atoms with Crippen LogP contribution in [0.25, 0.3) is 27.9 Å². The second-order valence-electron chi connectivity index (χ2n) is 7.63. The molecular formula is C19H20N8O. The first-order valence-electron chi connectivity index (χ1n) is 9.18. The molecule has 0 saturated heterocycles. The molecule has 0 radical (unpaired) electrons. The minimum absolute atomic E-state index is 0.000838. The molecule has 0 aromatic carbocycles. The first kappa shape index (κ1) is 16.7. The van der Waals surface area contributed by atoms with Gasteiger partial charge in [0.05, 0.1) is 0 Å². The van der Waals surface area contributed by atoms with Gasteiger partial charge >= 0.3 is 0 Å². The molecule has 0 bridgehead atoms. The molecule has 1 saturated carbocycles. The second-order valence-corrected chi connectivity index (χ2v) is 7.63. The molecule has 0 spiro atoms. The normalized spacial score (nSPS) is 21.6. The summed E-state index contributed by atoms with van der Waals surface area (Å²) in [5.41, 5.74) is 2.58. The van der Waals surface area contributed by atoms with Crippen LogP contribution in [-0.4, -0.2) is 46.8 Å². The summed E-state index contributed by atoms with van der Waals surface area (Å²) < 4.78 is 1.88. The van der Waals surface area contributed by atoms with Crippen molar-refractivity contribution in [2.75, 3.05) is 5.32 Å². The van der Waals surface area contributed by atoms with Crippen molar-refractivity contribution in [3.05, 3.63) is 37.2 Å². The third-order valence-corrected chi connectivity index (χ3v) is 5.19. The van der Waals surface area contributed by atoms with Gasteiger partial charge in [-0.25, -0.2) is 15.0 Å². The second kappa shape index (κ2) is 6.01. The number of carbonyl (C=O) groups excluding carboxylic acids is 1. The summed E-state index contributed by atoms with van der Waals surface area (Å²) in [7, 11) is 0. The van der Waals surface area contributed by atoms with Crippen molar-refractivity contribution in [2.24, 2.45) is 0 Å². The average molecular weight is 376 g/mol. The zero-order chi connectivity index (χ0) is 19.3. The molecule has 28 heavy (non-hydrogen) atoms. The van der Waals surface area contributed by atoms with E-state index in [1.54, 1.807) is 19.3 Å². The van der Waals surface area contributed by atoms with Crippen LogP contribution in [0.2, 0.25) is 0 Å². The summed E-state index contributed by atoms with van der Waals surface area (Å²) in [4.78, 5) is 32.1. The molecule has 0 atom stereocenters. The average Bonchev–Trinajstić information content (AvgIpc) is 3.25. The van der Waals surface area contributed by atoms with Crippen LogP contribution in [-0.2, 0) is 4.79 Å². The number of rotatable bonds is 4. The van der Waals surface area contributed by atoms with E-state index in [1.165, 1.54) is 0 Å².